The van der Waals surface area contributed by atoms with Gasteiger partial charge in [0.15, 0.2) is 0 Å². The van der Waals surface area contributed by atoms with Gasteiger partial charge in [-0.15, -0.1) is 0 Å². The van der Waals surface area contributed by atoms with Crippen LogP contribution in [-0.4, -0.2) is 50.7 Å². The molecule has 2 aromatic rings. The first kappa shape index (κ1) is 21.6. The Morgan fingerprint density at radius 1 is 1.18 bits per heavy atom. The van der Waals surface area contributed by atoms with Crippen LogP contribution in [-0.2, 0) is 10.0 Å². The molecule has 0 radical (unpaired) electrons. The Labute approximate surface area is 167 Å². The number of hydrogen-bond donors (Lipinski definition) is 2. The Kier molecular flexibility index (Phi) is 6.95. The van der Waals surface area contributed by atoms with Crippen molar-refractivity contribution in [2.45, 2.75) is 4.90 Å². The Hall–Kier alpha value is -2.69. The van der Waals surface area contributed by atoms with Crippen LogP contribution in [0.5, 0.6) is 0 Å². The molecule has 0 spiro atoms. The molecule has 2 N–H and O–H groups in total. The van der Waals surface area contributed by atoms with E-state index in [2.05, 4.69) is 10.6 Å². The number of halogens is 1. The van der Waals surface area contributed by atoms with Crippen LogP contribution in [0.3, 0.4) is 0 Å². The van der Waals surface area contributed by atoms with Crippen molar-refractivity contribution in [3.05, 3.63) is 63.2 Å². The summed E-state index contributed by atoms with van der Waals surface area (Å²) in [6.07, 6.45) is 0. The number of hydrogen-bond acceptors (Lipinski definition) is 6. The molecule has 0 aromatic heterocycles. The Balaban J connectivity index is 2.03. The average molecular weight is 427 g/mol. The zero-order valence-corrected chi connectivity index (χ0v) is 16.7. The normalized spacial score (nSPS) is 11.3. The van der Waals surface area contributed by atoms with E-state index in [4.69, 9.17) is 11.6 Å². The van der Waals surface area contributed by atoms with Gasteiger partial charge < -0.3 is 10.6 Å². The van der Waals surface area contributed by atoms with Crippen LogP contribution in [0.1, 0.15) is 10.4 Å². The van der Waals surface area contributed by atoms with Gasteiger partial charge >= 0.3 is 0 Å². The van der Waals surface area contributed by atoms with Crippen molar-refractivity contribution in [2.75, 3.05) is 32.5 Å². The summed E-state index contributed by atoms with van der Waals surface area (Å²) in [6, 6.07) is 10.0. The van der Waals surface area contributed by atoms with Gasteiger partial charge in [0.2, 0.25) is 10.0 Å². The number of sulfonamides is 1. The van der Waals surface area contributed by atoms with Gasteiger partial charge in [-0.05, 0) is 24.3 Å². The summed E-state index contributed by atoms with van der Waals surface area (Å²) in [4.78, 5) is 22.8. The molecule has 28 heavy (non-hydrogen) atoms. The molecule has 1 amide bonds. The molecule has 2 rings (SSSR count). The number of rotatable bonds is 8. The van der Waals surface area contributed by atoms with Crippen LogP contribution in [0, 0.1) is 10.1 Å². The van der Waals surface area contributed by atoms with Crippen molar-refractivity contribution >= 4 is 38.9 Å². The molecule has 9 nitrogen and oxygen atoms in total. The maximum absolute atomic E-state index is 12.4. The highest BCUT2D eigenvalue weighted by atomic mass is 35.5. The molecule has 2 aromatic carbocycles. The number of nitro benzene ring substituents is 1. The van der Waals surface area contributed by atoms with E-state index < -0.39 is 20.9 Å². The van der Waals surface area contributed by atoms with Crippen LogP contribution in [0.15, 0.2) is 47.4 Å². The highest BCUT2D eigenvalue weighted by Gasteiger charge is 2.20. The average Bonchev–Trinajstić information content (AvgIpc) is 2.65. The number of carbonyl (C=O) groups excluding carboxylic acids is 1. The van der Waals surface area contributed by atoms with Gasteiger partial charge in [0.05, 0.1) is 20.4 Å². The Bertz CT molecular complexity index is 995. The molecule has 0 aliphatic carbocycles. The maximum Gasteiger partial charge on any atom is 0.292 e. The number of anilines is 1. The second-order valence-corrected chi connectivity index (χ2v) is 8.45. The minimum Gasteiger partial charge on any atom is -0.378 e. The lowest BCUT2D eigenvalue weighted by Crippen LogP contribution is -2.29. The summed E-state index contributed by atoms with van der Waals surface area (Å²) in [5.74, 6) is -0.551. The second kappa shape index (κ2) is 9.00. The van der Waals surface area contributed by atoms with Crippen LogP contribution in [0.4, 0.5) is 11.4 Å². The molecule has 0 fully saturated rings. The third kappa shape index (κ3) is 4.97. The van der Waals surface area contributed by atoms with Crippen molar-refractivity contribution in [3.8, 4) is 0 Å². The van der Waals surface area contributed by atoms with Crippen molar-refractivity contribution in [2.24, 2.45) is 0 Å². The van der Waals surface area contributed by atoms with Gasteiger partial charge in [-0.3, -0.25) is 14.9 Å². The van der Waals surface area contributed by atoms with Crippen LogP contribution in [0.25, 0.3) is 0 Å². The Morgan fingerprint density at radius 2 is 1.86 bits per heavy atom. The first-order valence-electron chi connectivity index (χ1n) is 8.12. The lowest BCUT2D eigenvalue weighted by molar-refractivity contribution is -0.384. The van der Waals surface area contributed by atoms with E-state index >= 15 is 0 Å². The molecule has 0 heterocycles. The van der Waals surface area contributed by atoms with Crippen molar-refractivity contribution in [1.82, 2.24) is 9.62 Å². The quantitative estimate of drug-likeness (QED) is 0.379. The van der Waals surface area contributed by atoms with Crippen molar-refractivity contribution in [1.29, 1.82) is 0 Å². The van der Waals surface area contributed by atoms with Crippen LogP contribution >= 0.6 is 11.6 Å². The molecule has 0 atom stereocenters. The zero-order valence-electron chi connectivity index (χ0n) is 15.2. The summed E-state index contributed by atoms with van der Waals surface area (Å²) < 4.78 is 25.5. The van der Waals surface area contributed by atoms with Gasteiger partial charge in [0.1, 0.15) is 5.69 Å². The van der Waals surface area contributed by atoms with Crippen molar-refractivity contribution < 1.29 is 18.1 Å². The molecule has 0 aliphatic rings. The first-order valence-corrected chi connectivity index (χ1v) is 9.94. The number of nitro groups is 1. The predicted octanol–water partition coefficient (Wildman–Crippen LogP) is 2.34. The lowest BCUT2D eigenvalue weighted by Gasteiger charge is -2.13. The summed E-state index contributed by atoms with van der Waals surface area (Å²) in [7, 11) is -0.931. The SMILES string of the molecule is CN(C)S(=O)(=O)c1ccc(Cl)c(C(=O)NCCNc2ccccc2[N+](=O)[O-])c1. The topological polar surface area (TPSA) is 122 Å². The zero-order chi connectivity index (χ0) is 20.9. The van der Waals surface area contributed by atoms with Gasteiger partial charge in [-0.2, -0.15) is 0 Å². The molecule has 0 saturated heterocycles. The molecule has 150 valence electrons. The van der Waals surface area contributed by atoms with Crippen LogP contribution < -0.4 is 10.6 Å². The van der Waals surface area contributed by atoms with E-state index in [-0.39, 0.29) is 34.3 Å². The number of nitrogens with one attached hydrogen (secondary N) is 2. The van der Waals surface area contributed by atoms with E-state index in [0.717, 1.165) is 4.31 Å². The fourth-order valence-electron chi connectivity index (χ4n) is 2.30. The molecule has 0 saturated carbocycles. The standard InChI is InChI=1S/C17H19ClN4O5S/c1-21(2)28(26,27)12-7-8-14(18)13(11-12)17(23)20-10-9-19-15-5-3-4-6-16(15)22(24)25/h3-8,11,19H,9-10H2,1-2H3,(H,20,23). The monoisotopic (exact) mass is 426 g/mol. The third-order valence-corrected chi connectivity index (χ3v) is 5.93. The predicted molar refractivity (Wildman–Crippen MR) is 106 cm³/mol. The maximum atomic E-state index is 12.4. The molecule has 11 heteroatoms. The minimum atomic E-state index is -3.71. The molecule has 0 bridgehead atoms. The lowest BCUT2D eigenvalue weighted by atomic mass is 10.2. The Morgan fingerprint density at radius 3 is 2.50 bits per heavy atom. The van der Waals surface area contributed by atoms with E-state index in [1.807, 2.05) is 0 Å². The number of para-hydroxylation sites is 2. The number of benzene rings is 2. The smallest absolute Gasteiger partial charge is 0.292 e. The largest absolute Gasteiger partial charge is 0.378 e. The number of nitrogens with zero attached hydrogens (tertiary/aromatic N) is 2. The van der Waals surface area contributed by atoms with Crippen molar-refractivity contribution in [3.63, 3.8) is 0 Å². The molecular formula is C17H19ClN4O5S. The van der Waals surface area contributed by atoms with E-state index in [0.29, 0.717) is 5.69 Å². The van der Waals surface area contributed by atoms with E-state index in [1.165, 1.54) is 38.4 Å². The molecule has 0 aliphatic heterocycles. The van der Waals surface area contributed by atoms with Crippen LogP contribution in [0.2, 0.25) is 5.02 Å². The number of carbonyl (C=O) groups is 1. The van der Waals surface area contributed by atoms with Gasteiger partial charge in [-0.1, -0.05) is 23.7 Å². The van der Waals surface area contributed by atoms with E-state index in [9.17, 15) is 23.3 Å². The fraction of sp³-hybridized carbons (Fsp3) is 0.235. The summed E-state index contributed by atoms with van der Waals surface area (Å²) in [5.41, 5.74) is 0.285. The third-order valence-electron chi connectivity index (χ3n) is 3.79. The summed E-state index contributed by atoms with van der Waals surface area (Å²) in [5, 5.41) is 16.6. The fourth-order valence-corrected chi connectivity index (χ4v) is 3.43. The second-order valence-electron chi connectivity index (χ2n) is 5.89. The van der Waals surface area contributed by atoms with Gasteiger partial charge in [0.25, 0.3) is 11.6 Å². The molecule has 0 unspecified atom stereocenters. The highest BCUT2D eigenvalue weighted by Crippen LogP contribution is 2.23. The highest BCUT2D eigenvalue weighted by molar-refractivity contribution is 7.89. The number of amides is 1. The summed E-state index contributed by atoms with van der Waals surface area (Å²) >= 11 is 6.03. The van der Waals surface area contributed by atoms with Gasteiger partial charge in [-0.25, -0.2) is 12.7 Å². The first-order chi connectivity index (χ1) is 13.1. The summed E-state index contributed by atoms with van der Waals surface area (Å²) in [6.45, 7) is 0.371. The van der Waals surface area contributed by atoms with Gasteiger partial charge in [0, 0.05) is 33.3 Å². The minimum absolute atomic E-state index is 0.0234. The molecular weight excluding hydrogens is 408 g/mol. The van der Waals surface area contributed by atoms with E-state index in [1.54, 1.807) is 18.2 Å².